The largest absolute Gasteiger partial charge is 0.481 e. The van der Waals surface area contributed by atoms with E-state index in [0.29, 0.717) is 10.6 Å². The number of aryl methyl sites for hydroxylation is 2. The molecule has 14 heavy (non-hydrogen) atoms. The van der Waals surface area contributed by atoms with Crippen LogP contribution in [0.2, 0.25) is 0 Å². The summed E-state index contributed by atoms with van der Waals surface area (Å²) in [5.41, 5.74) is 0.697. The number of hydrogen-bond acceptors (Lipinski definition) is 4. The minimum atomic E-state index is -0.947. The van der Waals surface area contributed by atoms with Crippen molar-refractivity contribution in [1.29, 1.82) is 0 Å². The topological polar surface area (TPSA) is 67.3 Å². The maximum Gasteiger partial charge on any atom is 0.303 e. The molecule has 0 saturated heterocycles. The van der Waals surface area contributed by atoms with E-state index in [2.05, 4.69) is 4.98 Å². The summed E-state index contributed by atoms with van der Waals surface area (Å²) in [6.45, 7) is 3.59. The summed E-state index contributed by atoms with van der Waals surface area (Å²) in [6, 6.07) is 0. The molecule has 5 heteroatoms. The number of carbonyl (C=O) groups excluding carboxylic acids is 1. The molecule has 76 valence electrons. The molecule has 1 heterocycles. The monoisotopic (exact) mass is 213 g/mol. The number of rotatable bonds is 4. The number of Topliss-reactive ketones (excluding diaryl/α,β-unsaturated/α-hetero) is 1. The fraction of sp³-hybridized carbons (Fsp3) is 0.444. The molecular formula is C9H11NO3S. The van der Waals surface area contributed by atoms with Crippen molar-refractivity contribution in [2.24, 2.45) is 0 Å². The third kappa shape index (κ3) is 2.63. The summed E-state index contributed by atoms with van der Waals surface area (Å²) < 4.78 is 0. The van der Waals surface area contributed by atoms with Crippen LogP contribution < -0.4 is 0 Å². The number of aromatic nitrogens is 1. The zero-order chi connectivity index (χ0) is 10.7. The fourth-order valence-corrected chi connectivity index (χ4v) is 2.01. The van der Waals surface area contributed by atoms with Gasteiger partial charge in [-0.3, -0.25) is 9.59 Å². The predicted molar refractivity (Wildman–Crippen MR) is 52.8 cm³/mol. The molecule has 0 fully saturated rings. The van der Waals surface area contributed by atoms with Gasteiger partial charge in [0.1, 0.15) is 0 Å². The van der Waals surface area contributed by atoms with Crippen molar-refractivity contribution < 1.29 is 14.7 Å². The third-order valence-corrected chi connectivity index (χ3v) is 2.84. The van der Waals surface area contributed by atoms with Crippen LogP contribution in [0.5, 0.6) is 0 Å². The van der Waals surface area contributed by atoms with Gasteiger partial charge in [0, 0.05) is 6.42 Å². The van der Waals surface area contributed by atoms with E-state index in [-0.39, 0.29) is 18.6 Å². The van der Waals surface area contributed by atoms with Gasteiger partial charge in [-0.1, -0.05) is 0 Å². The molecule has 0 aromatic carbocycles. The van der Waals surface area contributed by atoms with E-state index in [1.807, 2.05) is 6.92 Å². The van der Waals surface area contributed by atoms with Gasteiger partial charge in [-0.15, -0.1) is 11.3 Å². The van der Waals surface area contributed by atoms with E-state index < -0.39 is 5.97 Å². The lowest BCUT2D eigenvalue weighted by molar-refractivity contribution is -0.136. The van der Waals surface area contributed by atoms with Gasteiger partial charge in [0.05, 0.1) is 22.0 Å². The van der Waals surface area contributed by atoms with Crippen LogP contribution in [0.4, 0.5) is 0 Å². The Hall–Kier alpha value is -1.23. The molecule has 1 aromatic rings. The van der Waals surface area contributed by atoms with Gasteiger partial charge in [0.25, 0.3) is 0 Å². The molecule has 0 aliphatic rings. The number of hydrogen-bond donors (Lipinski definition) is 1. The van der Waals surface area contributed by atoms with Gasteiger partial charge in [0.15, 0.2) is 5.78 Å². The number of nitrogens with zero attached hydrogens (tertiary/aromatic N) is 1. The molecule has 0 aliphatic heterocycles. The minimum Gasteiger partial charge on any atom is -0.481 e. The highest BCUT2D eigenvalue weighted by Gasteiger charge is 2.14. The Labute approximate surface area is 85.6 Å². The predicted octanol–water partition coefficient (Wildman–Crippen LogP) is 1.81. The first kappa shape index (κ1) is 10.8. The first-order valence-corrected chi connectivity index (χ1v) is 5.01. The van der Waals surface area contributed by atoms with Crippen molar-refractivity contribution in [2.75, 3.05) is 0 Å². The molecule has 0 atom stereocenters. The Morgan fingerprint density at radius 2 is 2.00 bits per heavy atom. The minimum absolute atomic E-state index is 0.0534. The molecule has 0 aliphatic carbocycles. The lowest BCUT2D eigenvalue weighted by Crippen LogP contribution is -2.03. The molecule has 0 saturated carbocycles. The third-order valence-electron chi connectivity index (χ3n) is 1.72. The second-order valence-corrected chi connectivity index (χ2v) is 4.17. The van der Waals surface area contributed by atoms with Gasteiger partial charge in [-0.25, -0.2) is 4.98 Å². The molecule has 1 N–H and O–H groups in total. The van der Waals surface area contributed by atoms with Crippen molar-refractivity contribution in [3.8, 4) is 0 Å². The van der Waals surface area contributed by atoms with E-state index in [4.69, 9.17) is 5.11 Å². The molecule has 1 rings (SSSR count). The van der Waals surface area contributed by atoms with Crippen LogP contribution in [-0.4, -0.2) is 21.8 Å². The number of carboxylic acid groups (broad SMARTS) is 1. The van der Waals surface area contributed by atoms with Crippen LogP contribution in [0.15, 0.2) is 0 Å². The Morgan fingerprint density at radius 3 is 2.43 bits per heavy atom. The summed E-state index contributed by atoms with van der Waals surface area (Å²) in [5.74, 6) is -1.08. The van der Waals surface area contributed by atoms with Crippen molar-refractivity contribution in [3.63, 3.8) is 0 Å². The Bertz CT molecular complexity index is 370. The van der Waals surface area contributed by atoms with E-state index in [0.717, 1.165) is 5.01 Å². The van der Waals surface area contributed by atoms with Crippen LogP contribution in [0, 0.1) is 13.8 Å². The molecule has 0 amide bonds. The van der Waals surface area contributed by atoms with Gasteiger partial charge in [-0.05, 0) is 13.8 Å². The molecule has 4 nitrogen and oxygen atoms in total. The number of carbonyl (C=O) groups is 2. The van der Waals surface area contributed by atoms with Crippen LogP contribution in [-0.2, 0) is 4.79 Å². The van der Waals surface area contributed by atoms with E-state index in [1.165, 1.54) is 11.3 Å². The van der Waals surface area contributed by atoms with Gasteiger partial charge in [-0.2, -0.15) is 0 Å². The fourth-order valence-electron chi connectivity index (χ4n) is 1.12. The Kier molecular flexibility index (Phi) is 3.35. The zero-order valence-corrected chi connectivity index (χ0v) is 8.85. The lowest BCUT2D eigenvalue weighted by atomic mass is 10.2. The average Bonchev–Trinajstić information content (AvgIpc) is 2.41. The summed E-state index contributed by atoms with van der Waals surface area (Å²) in [4.78, 5) is 26.4. The van der Waals surface area contributed by atoms with E-state index >= 15 is 0 Å². The smallest absolute Gasteiger partial charge is 0.303 e. The molecule has 0 bridgehead atoms. The Morgan fingerprint density at radius 1 is 1.36 bits per heavy atom. The molecule has 1 aromatic heterocycles. The molecule has 0 unspecified atom stereocenters. The quantitative estimate of drug-likeness (QED) is 0.774. The summed E-state index contributed by atoms with van der Waals surface area (Å²) in [7, 11) is 0. The zero-order valence-electron chi connectivity index (χ0n) is 8.03. The highest BCUT2D eigenvalue weighted by atomic mass is 32.1. The van der Waals surface area contributed by atoms with Crippen LogP contribution in [0.1, 0.15) is 33.2 Å². The van der Waals surface area contributed by atoms with E-state index in [1.54, 1.807) is 6.92 Å². The van der Waals surface area contributed by atoms with E-state index in [9.17, 15) is 9.59 Å². The highest BCUT2D eigenvalue weighted by Crippen LogP contribution is 2.19. The van der Waals surface area contributed by atoms with Crippen molar-refractivity contribution in [3.05, 3.63) is 15.6 Å². The normalized spacial score (nSPS) is 10.1. The average molecular weight is 213 g/mol. The van der Waals surface area contributed by atoms with Gasteiger partial charge >= 0.3 is 5.97 Å². The van der Waals surface area contributed by atoms with Crippen LogP contribution >= 0.6 is 11.3 Å². The standard InChI is InChI=1S/C9H11NO3S/c1-5-9(14-6(2)10-5)7(11)3-4-8(12)13/h3-4H2,1-2H3,(H,12,13). The maximum absolute atomic E-state index is 11.5. The number of thiazole rings is 1. The summed E-state index contributed by atoms with van der Waals surface area (Å²) in [6.07, 6.45) is -0.0625. The lowest BCUT2D eigenvalue weighted by Gasteiger charge is -1.95. The first-order chi connectivity index (χ1) is 6.50. The second kappa shape index (κ2) is 4.32. The molecular weight excluding hydrogens is 202 g/mol. The summed E-state index contributed by atoms with van der Waals surface area (Å²) >= 11 is 1.32. The highest BCUT2D eigenvalue weighted by molar-refractivity contribution is 7.13. The van der Waals surface area contributed by atoms with Gasteiger partial charge in [0.2, 0.25) is 0 Å². The van der Waals surface area contributed by atoms with Crippen molar-refractivity contribution in [1.82, 2.24) is 4.98 Å². The van der Waals surface area contributed by atoms with Crippen molar-refractivity contribution in [2.45, 2.75) is 26.7 Å². The van der Waals surface area contributed by atoms with Crippen LogP contribution in [0.25, 0.3) is 0 Å². The molecule has 0 spiro atoms. The summed E-state index contributed by atoms with van der Waals surface area (Å²) in [5, 5.41) is 9.25. The number of carboxylic acids is 1. The maximum atomic E-state index is 11.5. The SMILES string of the molecule is Cc1nc(C)c(C(=O)CCC(=O)O)s1. The molecule has 0 radical (unpaired) electrons. The Balaban J connectivity index is 2.69. The van der Waals surface area contributed by atoms with Crippen LogP contribution in [0.3, 0.4) is 0 Å². The second-order valence-electron chi connectivity index (χ2n) is 2.96. The van der Waals surface area contributed by atoms with Gasteiger partial charge < -0.3 is 5.11 Å². The van der Waals surface area contributed by atoms with Crippen molar-refractivity contribution >= 4 is 23.1 Å². The first-order valence-electron chi connectivity index (χ1n) is 4.19. The number of aliphatic carboxylic acids is 1. The number of ketones is 1.